The van der Waals surface area contributed by atoms with E-state index in [1.54, 1.807) is 4.21 Å². The maximum absolute atomic E-state index is 2.44. The van der Waals surface area contributed by atoms with Crippen molar-refractivity contribution >= 4 is 44.0 Å². The molecule has 0 N–H and O–H groups in total. The first-order valence-corrected chi connectivity index (χ1v) is 9.60. The normalized spacial score (nSPS) is 14.1. The minimum absolute atomic E-state index is 0.690. The van der Waals surface area contributed by atoms with Crippen molar-refractivity contribution in [1.29, 1.82) is 0 Å². The summed E-state index contributed by atoms with van der Waals surface area (Å²) < 4.78 is 3.07. The van der Waals surface area contributed by atoms with Crippen LogP contribution >= 0.6 is 44.0 Å². The first-order valence-electron chi connectivity index (χ1n) is 5.88. The Morgan fingerprint density at radius 1 is 0.938 bits per heavy atom. The summed E-state index contributed by atoms with van der Waals surface area (Å²) in [6.07, 6.45) is 0. The molecular weight excluding hydrogens is 347 g/mol. The summed E-state index contributed by atoms with van der Waals surface area (Å²) >= 11 is 4.45. The molecule has 0 spiro atoms. The largest absolute Gasteiger partial charge is 0.198 e. The van der Waals surface area contributed by atoms with Crippen molar-refractivity contribution in [1.82, 2.24) is 0 Å². The molecule has 0 aromatic carbocycles. The first-order chi connectivity index (χ1) is 7.33. The van der Waals surface area contributed by atoms with Gasteiger partial charge in [-0.2, -0.15) is 10.0 Å². The van der Waals surface area contributed by atoms with Gasteiger partial charge in [-0.25, -0.2) is 0 Å². The summed E-state index contributed by atoms with van der Waals surface area (Å²) in [5.41, 5.74) is 0. The quantitative estimate of drug-likeness (QED) is 0.593. The van der Waals surface area contributed by atoms with E-state index in [4.69, 9.17) is 0 Å². The predicted octanol–water partition coefficient (Wildman–Crippen LogP) is 5.74. The summed E-state index contributed by atoms with van der Waals surface area (Å²) in [5, 5.41) is 2.30. The van der Waals surface area contributed by atoms with E-state index in [-0.39, 0.29) is 0 Å². The molecule has 0 saturated heterocycles. The minimum Gasteiger partial charge on any atom is -0.198 e. The molecule has 1 rings (SSSR count). The van der Waals surface area contributed by atoms with Crippen LogP contribution in [-0.4, -0.2) is 15.7 Å². The van der Waals surface area contributed by atoms with E-state index in [1.807, 2.05) is 11.3 Å². The zero-order valence-corrected chi connectivity index (χ0v) is 14.9. The molecule has 0 aliphatic carbocycles. The average molecular weight is 370 g/mol. The monoisotopic (exact) mass is 370 g/mol. The second-order valence-electron chi connectivity index (χ2n) is 4.97. The van der Waals surface area contributed by atoms with Crippen LogP contribution in [0.15, 0.2) is 16.3 Å². The molecule has 1 heterocycles. The van der Waals surface area contributed by atoms with Gasteiger partial charge in [0.25, 0.3) is 0 Å². The third-order valence-corrected chi connectivity index (χ3v) is 11.6. The fourth-order valence-electron chi connectivity index (χ4n) is 2.82. The molecule has 0 aliphatic rings. The standard InChI is InChI=1S/C13H23IS2/c1-9(2)16(10(3)4,11(5)6)13-8-7-12(14)15-13/h7-11H,1-6H3. The molecule has 0 unspecified atom stereocenters. The van der Waals surface area contributed by atoms with E-state index >= 15 is 0 Å². The summed E-state index contributed by atoms with van der Waals surface area (Å²) in [5.74, 6) is 0. The number of rotatable bonds is 4. The molecular formula is C13H23IS2. The Morgan fingerprint density at radius 3 is 1.62 bits per heavy atom. The van der Waals surface area contributed by atoms with E-state index in [0.717, 1.165) is 15.7 Å². The Kier molecular flexibility index (Phi) is 5.21. The van der Waals surface area contributed by atoms with Gasteiger partial charge in [-0.15, -0.1) is 11.3 Å². The van der Waals surface area contributed by atoms with Crippen molar-refractivity contribution in [2.75, 3.05) is 0 Å². The molecule has 0 nitrogen and oxygen atoms in total. The SMILES string of the molecule is CC(C)S(c1ccc(I)s1)(C(C)C)C(C)C. The van der Waals surface area contributed by atoms with Crippen LogP contribution in [0.3, 0.4) is 0 Å². The molecule has 0 bridgehead atoms. The molecule has 0 fully saturated rings. The van der Waals surface area contributed by atoms with Gasteiger partial charge in [0.05, 0.1) is 2.88 Å². The Bertz CT molecular complexity index is 318. The van der Waals surface area contributed by atoms with Gasteiger partial charge >= 0.3 is 0 Å². The third-order valence-electron chi connectivity index (χ3n) is 3.24. The molecule has 1 aromatic rings. The number of thiophene rings is 1. The second kappa shape index (κ2) is 5.61. The summed E-state index contributed by atoms with van der Waals surface area (Å²) in [4.78, 5) is 0. The Labute approximate surface area is 120 Å². The van der Waals surface area contributed by atoms with Crippen molar-refractivity contribution in [3.05, 3.63) is 15.0 Å². The minimum atomic E-state index is -0.690. The first kappa shape index (κ1) is 14.8. The molecule has 3 heteroatoms. The van der Waals surface area contributed by atoms with Gasteiger partial charge in [-0.1, -0.05) is 41.5 Å². The van der Waals surface area contributed by atoms with Crippen molar-refractivity contribution < 1.29 is 0 Å². The summed E-state index contributed by atoms with van der Waals surface area (Å²) in [7, 11) is -0.690. The lowest BCUT2D eigenvalue weighted by Crippen LogP contribution is -2.28. The lowest BCUT2D eigenvalue weighted by molar-refractivity contribution is 0.942. The van der Waals surface area contributed by atoms with Gasteiger partial charge in [0, 0.05) is 4.21 Å². The van der Waals surface area contributed by atoms with Gasteiger partial charge in [0.1, 0.15) is 0 Å². The van der Waals surface area contributed by atoms with Crippen LogP contribution in [-0.2, 0) is 0 Å². The van der Waals surface area contributed by atoms with Crippen LogP contribution in [0.4, 0.5) is 0 Å². The molecule has 16 heavy (non-hydrogen) atoms. The van der Waals surface area contributed by atoms with E-state index in [9.17, 15) is 0 Å². The van der Waals surface area contributed by atoms with Gasteiger partial charge in [-0.05, 0) is 50.5 Å². The zero-order valence-electron chi connectivity index (χ0n) is 11.1. The van der Waals surface area contributed by atoms with Crippen molar-refractivity contribution in [3.63, 3.8) is 0 Å². The summed E-state index contributed by atoms with van der Waals surface area (Å²) in [6.45, 7) is 14.4. The van der Waals surface area contributed by atoms with Gasteiger partial charge in [-0.3, -0.25) is 0 Å². The fraction of sp³-hybridized carbons (Fsp3) is 0.692. The number of hydrogen-bond acceptors (Lipinski definition) is 1. The van der Waals surface area contributed by atoms with Crippen LogP contribution in [0.5, 0.6) is 0 Å². The highest BCUT2D eigenvalue weighted by molar-refractivity contribution is 14.1. The average Bonchev–Trinajstić information content (AvgIpc) is 2.50. The van der Waals surface area contributed by atoms with Gasteiger partial charge in [0.15, 0.2) is 0 Å². The van der Waals surface area contributed by atoms with Gasteiger partial charge in [0.2, 0.25) is 0 Å². The van der Waals surface area contributed by atoms with Crippen molar-refractivity contribution in [2.45, 2.75) is 61.5 Å². The highest BCUT2D eigenvalue weighted by Crippen LogP contribution is 2.67. The van der Waals surface area contributed by atoms with Crippen LogP contribution in [0.1, 0.15) is 41.5 Å². The highest BCUT2D eigenvalue weighted by atomic mass is 127. The van der Waals surface area contributed by atoms with Gasteiger partial charge < -0.3 is 0 Å². The maximum Gasteiger partial charge on any atom is 0.0664 e. The topological polar surface area (TPSA) is 0 Å². The maximum atomic E-state index is 2.44. The van der Waals surface area contributed by atoms with E-state index in [2.05, 4.69) is 76.3 Å². The Hall–Kier alpha value is 0.780. The summed E-state index contributed by atoms with van der Waals surface area (Å²) in [6, 6.07) is 4.65. The third kappa shape index (κ3) is 2.46. The molecule has 0 atom stereocenters. The molecule has 0 radical (unpaired) electrons. The molecule has 0 amide bonds. The highest BCUT2D eigenvalue weighted by Gasteiger charge is 2.37. The molecule has 0 aliphatic heterocycles. The van der Waals surface area contributed by atoms with Crippen LogP contribution in [0.2, 0.25) is 0 Å². The van der Waals surface area contributed by atoms with Crippen molar-refractivity contribution in [2.24, 2.45) is 0 Å². The van der Waals surface area contributed by atoms with E-state index in [1.165, 1.54) is 2.88 Å². The molecule has 94 valence electrons. The molecule has 0 saturated carbocycles. The number of halogens is 1. The predicted molar refractivity (Wildman–Crippen MR) is 88.3 cm³/mol. The lowest BCUT2D eigenvalue weighted by Gasteiger charge is -2.50. The smallest absolute Gasteiger partial charge is 0.0664 e. The zero-order chi connectivity index (χ0) is 12.5. The lowest BCUT2D eigenvalue weighted by atomic mass is 10.5. The van der Waals surface area contributed by atoms with Crippen molar-refractivity contribution in [3.8, 4) is 0 Å². The van der Waals surface area contributed by atoms with E-state index < -0.39 is 10.0 Å². The number of hydrogen-bond donors (Lipinski definition) is 0. The Morgan fingerprint density at radius 2 is 1.38 bits per heavy atom. The van der Waals surface area contributed by atoms with Crippen LogP contribution in [0, 0.1) is 2.88 Å². The fourth-order valence-corrected chi connectivity index (χ4v) is 12.2. The Balaban J connectivity index is 3.33. The second-order valence-corrected chi connectivity index (χ2v) is 13.0. The molecule has 1 aromatic heterocycles. The van der Waals surface area contributed by atoms with Crippen LogP contribution in [0.25, 0.3) is 0 Å². The van der Waals surface area contributed by atoms with Crippen LogP contribution < -0.4 is 0 Å². The van der Waals surface area contributed by atoms with E-state index in [0.29, 0.717) is 0 Å².